The first-order chi connectivity index (χ1) is 6.08. The van der Waals surface area contributed by atoms with Gasteiger partial charge in [-0.15, -0.1) is 0 Å². The highest BCUT2D eigenvalue weighted by Gasteiger charge is 2.23. The highest BCUT2D eigenvalue weighted by molar-refractivity contribution is 4.79. The average molecular weight is 184 g/mol. The van der Waals surface area contributed by atoms with Gasteiger partial charge in [0.2, 0.25) is 0 Å². The number of nitrogens with one attached hydrogen (secondary N) is 1. The molecule has 2 heteroatoms. The van der Waals surface area contributed by atoms with E-state index in [2.05, 4.69) is 38.2 Å². The van der Waals surface area contributed by atoms with E-state index in [9.17, 15) is 0 Å². The summed E-state index contributed by atoms with van der Waals surface area (Å²) in [6.07, 6.45) is 4.31. The van der Waals surface area contributed by atoms with E-state index in [0.29, 0.717) is 12.1 Å². The molecule has 0 aliphatic heterocycles. The Kier molecular flexibility index (Phi) is 4.20. The lowest BCUT2D eigenvalue weighted by Gasteiger charge is -2.22. The molecular formula is C11H24N2. The average Bonchev–Trinajstić information content (AvgIpc) is 2.67. The molecule has 2 unspecified atom stereocenters. The van der Waals surface area contributed by atoms with Crippen LogP contribution in [0.5, 0.6) is 0 Å². The Balaban J connectivity index is 2.06. The zero-order valence-corrected chi connectivity index (χ0v) is 9.51. The van der Waals surface area contributed by atoms with Gasteiger partial charge in [0.1, 0.15) is 0 Å². The van der Waals surface area contributed by atoms with E-state index in [1.54, 1.807) is 0 Å². The van der Waals surface area contributed by atoms with Crippen LogP contribution in [0, 0.1) is 5.92 Å². The normalized spacial score (nSPS) is 21.9. The smallest absolute Gasteiger partial charge is 0.0168 e. The van der Waals surface area contributed by atoms with Gasteiger partial charge < -0.3 is 10.2 Å². The Morgan fingerprint density at radius 1 is 1.23 bits per heavy atom. The standard InChI is InChI=1S/C11H24N2/c1-9(7-11-5-6-11)12-10(2)8-13(3)4/h9-12H,5-8H2,1-4H3. The van der Waals surface area contributed by atoms with Crippen LogP contribution in [-0.4, -0.2) is 37.6 Å². The van der Waals surface area contributed by atoms with Crippen molar-refractivity contribution in [3.05, 3.63) is 0 Å². The lowest BCUT2D eigenvalue weighted by Crippen LogP contribution is -2.40. The third-order valence-corrected chi connectivity index (χ3v) is 2.59. The van der Waals surface area contributed by atoms with Gasteiger partial charge in [-0.25, -0.2) is 0 Å². The summed E-state index contributed by atoms with van der Waals surface area (Å²) in [4.78, 5) is 2.24. The van der Waals surface area contributed by atoms with Crippen molar-refractivity contribution in [1.82, 2.24) is 10.2 Å². The van der Waals surface area contributed by atoms with Crippen molar-refractivity contribution in [3.63, 3.8) is 0 Å². The molecule has 1 fully saturated rings. The van der Waals surface area contributed by atoms with E-state index in [4.69, 9.17) is 0 Å². The fourth-order valence-electron chi connectivity index (χ4n) is 2.01. The van der Waals surface area contributed by atoms with Crippen LogP contribution in [0.1, 0.15) is 33.1 Å². The molecule has 78 valence electrons. The van der Waals surface area contributed by atoms with E-state index in [-0.39, 0.29) is 0 Å². The zero-order valence-electron chi connectivity index (χ0n) is 9.51. The van der Waals surface area contributed by atoms with Crippen molar-refractivity contribution in [2.75, 3.05) is 20.6 Å². The second-order valence-electron chi connectivity index (χ2n) is 4.91. The van der Waals surface area contributed by atoms with Crippen LogP contribution < -0.4 is 5.32 Å². The van der Waals surface area contributed by atoms with Crippen molar-refractivity contribution in [2.24, 2.45) is 5.92 Å². The minimum absolute atomic E-state index is 0.615. The summed E-state index contributed by atoms with van der Waals surface area (Å²) in [5, 5.41) is 3.64. The van der Waals surface area contributed by atoms with Gasteiger partial charge in [-0.1, -0.05) is 12.8 Å². The summed E-state index contributed by atoms with van der Waals surface area (Å²) < 4.78 is 0. The van der Waals surface area contributed by atoms with Gasteiger partial charge in [0.15, 0.2) is 0 Å². The van der Waals surface area contributed by atoms with Gasteiger partial charge in [-0.2, -0.15) is 0 Å². The zero-order chi connectivity index (χ0) is 9.84. The Morgan fingerprint density at radius 2 is 1.85 bits per heavy atom. The maximum atomic E-state index is 3.64. The molecule has 0 bridgehead atoms. The SMILES string of the molecule is CC(CC1CC1)NC(C)CN(C)C. The Bertz CT molecular complexity index is 133. The summed E-state index contributed by atoms with van der Waals surface area (Å²) in [5.74, 6) is 1.04. The summed E-state index contributed by atoms with van der Waals surface area (Å²) >= 11 is 0. The van der Waals surface area contributed by atoms with Gasteiger partial charge in [0.05, 0.1) is 0 Å². The van der Waals surface area contributed by atoms with E-state index >= 15 is 0 Å². The van der Waals surface area contributed by atoms with Crippen LogP contribution in [-0.2, 0) is 0 Å². The van der Waals surface area contributed by atoms with Crippen LogP contribution in [0.2, 0.25) is 0 Å². The molecule has 1 aliphatic carbocycles. The fraction of sp³-hybridized carbons (Fsp3) is 1.00. The highest BCUT2D eigenvalue weighted by atomic mass is 15.1. The molecule has 0 radical (unpaired) electrons. The minimum atomic E-state index is 0.615. The van der Waals surface area contributed by atoms with Crippen LogP contribution >= 0.6 is 0 Å². The molecule has 2 nitrogen and oxygen atoms in total. The van der Waals surface area contributed by atoms with E-state index < -0.39 is 0 Å². The number of likely N-dealkylation sites (N-methyl/N-ethyl adjacent to an activating group) is 1. The third kappa shape index (κ3) is 5.27. The molecule has 2 atom stereocenters. The first kappa shape index (κ1) is 11.0. The maximum absolute atomic E-state index is 3.64. The van der Waals surface area contributed by atoms with Gasteiger partial charge >= 0.3 is 0 Å². The number of hydrogen-bond acceptors (Lipinski definition) is 2. The second-order valence-corrected chi connectivity index (χ2v) is 4.91. The number of nitrogens with zero attached hydrogens (tertiary/aromatic N) is 1. The molecule has 1 rings (SSSR count). The summed E-state index contributed by atoms with van der Waals surface area (Å²) in [7, 11) is 4.26. The third-order valence-electron chi connectivity index (χ3n) is 2.59. The largest absolute Gasteiger partial charge is 0.310 e. The van der Waals surface area contributed by atoms with Gasteiger partial charge in [0, 0.05) is 18.6 Å². The van der Waals surface area contributed by atoms with Crippen LogP contribution in [0.15, 0.2) is 0 Å². The van der Waals surface area contributed by atoms with Crippen molar-refractivity contribution in [2.45, 2.75) is 45.2 Å². The van der Waals surface area contributed by atoms with Crippen LogP contribution in [0.4, 0.5) is 0 Å². The molecule has 1 aliphatic rings. The van der Waals surface area contributed by atoms with Crippen molar-refractivity contribution in [1.29, 1.82) is 0 Å². The molecule has 0 aromatic rings. The number of hydrogen-bond donors (Lipinski definition) is 1. The minimum Gasteiger partial charge on any atom is -0.310 e. The Labute approximate surface area is 82.7 Å². The molecule has 0 aromatic carbocycles. The second kappa shape index (κ2) is 4.97. The van der Waals surface area contributed by atoms with E-state index in [1.165, 1.54) is 19.3 Å². The van der Waals surface area contributed by atoms with Crippen molar-refractivity contribution < 1.29 is 0 Å². The molecular weight excluding hydrogens is 160 g/mol. The lowest BCUT2D eigenvalue weighted by molar-refractivity contribution is 0.325. The van der Waals surface area contributed by atoms with Crippen molar-refractivity contribution >= 4 is 0 Å². The summed E-state index contributed by atoms with van der Waals surface area (Å²) in [6, 6.07) is 1.31. The van der Waals surface area contributed by atoms with Gasteiger partial charge in [-0.05, 0) is 40.3 Å². The van der Waals surface area contributed by atoms with Crippen LogP contribution in [0.25, 0.3) is 0 Å². The number of rotatable bonds is 6. The first-order valence-electron chi connectivity index (χ1n) is 5.48. The highest BCUT2D eigenvalue weighted by Crippen LogP contribution is 2.33. The van der Waals surface area contributed by atoms with Crippen molar-refractivity contribution in [3.8, 4) is 0 Å². The first-order valence-corrected chi connectivity index (χ1v) is 5.48. The predicted octanol–water partition coefficient (Wildman–Crippen LogP) is 1.71. The van der Waals surface area contributed by atoms with E-state index in [0.717, 1.165) is 12.5 Å². The molecule has 0 aromatic heterocycles. The quantitative estimate of drug-likeness (QED) is 0.676. The Hall–Kier alpha value is -0.0800. The molecule has 0 heterocycles. The fourth-order valence-corrected chi connectivity index (χ4v) is 2.01. The Morgan fingerprint density at radius 3 is 2.31 bits per heavy atom. The lowest BCUT2D eigenvalue weighted by atomic mass is 10.1. The van der Waals surface area contributed by atoms with Crippen LogP contribution in [0.3, 0.4) is 0 Å². The molecule has 1 N–H and O–H groups in total. The molecule has 1 saturated carbocycles. The molecule has 0 spiro atoms. The molecule has 0 amide bonds. The summed E-state index contributed by atoms with van der Waals surface area (Å²) in [5.41, 5.74) is 0. The summed E-state index contributed by atoms with van der Waals surface area (Å²) in [6.45, 7) is 5.71. The molecule has 0 saturated heterocycles. The van der Waals surface area contributed by atoms with Gasteiger partial charge in [0.25, 0.3) is 0 Å². The maximum Gasteiger partial charge on any atom is 0.0168 e. The van der Waals surface area contributed by atoms with E-state index in [1.807, 2.05) is 0 Å². The topological polar surface area (TPSA) is 15.3 Å². The predicted molar refractivity (Wildman–Crippen MR) is 58.0 cm³/mol. The van der Waals surface area contributed by atoms with Gasteiger partial charge in [-0.3, -0.25) is 0 Å². The monoisotopic (exact) mass is 184 g/mol. The molecule has 13 heavy (non-hydrogen) atoms.